The van der Waals surface area contributed by atoms with Gasteiger partial charge in [-0.15, -0.1) is 0 Å². The second-order valence-electron chi connectivity index (χ2n) is 5.31. The molecule has 1 heterocycles. The molecule has 5 heteroatoms. The quantitative estimate of drug-likeness (QED) is 0.942. The van der Waals surface area contributed by atoms with Gasteiger partial charge in [0.05, 0.1) is 12.2 Å². The van der Waals surface area contributed by atoms with E-state index in [9.17, 15) is 15.2 Å². The lowest BCUT2D eigenvalue weighted by Crippen LogP contribution is -2.23. The molecule has 1 amide bonds. The van der Waals surface area contributed by atoms with Gasteiger partial charge in [-0.2, -0.15) is 5.26 Å². The molecule has 1 aliphatic heterocycles. The van der Waals surface area contributed by atoms with Crippen molar-refractivity contribution >= 4 is 11.6 Å². The Labute approximate surface area is 134 Å². The van der Waals surface area contributed by atoms with Crippen LogP contribution in [0.4, 0.5) is 5.69 Å². The molecule has 0 aromatic heterocycles. The van der Waals surface area contributed by atoms with Crippen molar-refractivity contribution in [3.63, 3.8) is 0 Å². The number of amides is 1. The number of rotatable bonds is 4. The number of carbonyl (C=O) groups is 1. The number of nitriles is 1. The molecule has 5 nitrogen and oxygen atoms in total. The molecule has 0 aliphatic carbocycles. The number of hydrogen-bond donors (Lipinski definition) is 1. The SMILES string of the molecule is N#Cc1cc(N2CCCC2=O)ccc1Oc1ccccc1CO. The van der Waals surface area contributed by atoms with Crippen molar-refractivity contribution in [2.75, 3.05) is 11.4 Å². The van der Waals surface area contributed by atoms with Gasteiger partial charge in [-0.05, 0) is 30.7 Å². The number of benzene rings is 2. The maximum absolute atomic E-state index is 11.8. The molecule has 116 valence electrons. The Hall–Kier alpha value is -2.84. The minimum atomic E-state index is -0.140. The van der Waals surface area contributed by atoms with Crippen molar-refractivity contribution in [2.45, 2.75) is 19.4 Å². The van der Waals surface area contributed by atoms with Gasteiger partial charge in [0.25, 0.3) is 0 Å². The van der Waals surface area contributed by atoms with E-state index in [0.717, 1.165) is 6.42 Å². The Morgan fingerprint density at radius 1 is 1.22 bits per heavy atom. The van der Waals surface area contributed by atoms with E-state index in [1.165, 1.54) is 0 Å². The standard InChI is InChI=1S/C18H16N2O3/c19-11-14-10-15(20-9-3-6-18(20)22)7-8-17(14)23-16-5-2-1-4-13(16)12-21/h1-2,4-5,7-8,10,21H,3,6,9,12H2. The Morgan fingerprint density at radius 3 is 2.74 bits per heavy atom. The van der Waals surface area contributed by atoms with Crippen molar-refractivity contribution in [3.8, 4) is 17.6 Å². The van der Waals surface area contributed by atoms with Crippen LogP contribution in [0.1, 0.15) is 24.0 Å². The Bertz CT molecular complexity index is 780. The Kier molecular flexibility index (Phi) is 4.26. The highest BCUT2D eigenvalue weighted by atomic mass is 16.5. The van der Waals surface area contributed by atoms with Gasteiger partial charge in [0, 0.05) is 24.2 Å². The van der Waals surface area contributed by atoms with Gasteiger partial charge in [0.15, 0.2) is 0 Å². The lowest BCUT2D eigenvalue weighted by Gasteiger charge is -2.17. The zero-order chi connectivity index (χ0) is 16.2. The van der Waals surface area contributed by atoms with Gasteiger partial charge in [-0.25, -0.2) is 0 Å². The zero-order valence-corrected chi connectivity index (χ0v) is 12.5. The maximum atomic E-state index is 11.8. The smallest absolute Gasteiger partial charge is 0.227 e. The number of para-hydroxylation sites is 1. The fraction of sp³-hybridized carbons (Fsp3) is 0.222. The molecule has 0 atom stereocenters. The van der Waals surface area contributed by atoms with E-state index in [-0.39, 0.29) is 12.5 Å². The first kappa shape index (κ1) is 15.1. The van der Waals surface area contributed by atoms with Crippen LogP contribution >= 0.6 is 0 Å². The van der Waals surface area contributed by atoms with Crippen LogP contribution in [-0.2, 0) is 11.4 Å². The van der Waals surface area contributed by atoms with Crippen LogP contribution in [0.3, 0.4) is 0 Å². The number of anilines is 1. The van der Waals surface area contributed by atoms with Crippen molar-refractivity contribution in [2.24, 2.45) is 0 Å². The lowest BCUT2D eigenvalue weighted by molar-refractivity contribution is -0.117. The van der Waals surface area contributed by atoms with Crippen LogP contribution < -0.4 is 9.64 Å². The summed E-state index contributed by atoms with van der Waals surface area (Å²) < 4.78 is 5.78. The van der Waals surface area contributed by atoms with Crippen LogP contribution in [-0.4, -0.2) is 17.6 Å². The summed E-state index contributed by atoms with van der Waals surface area (Å²) in [6.45, 7) is 0.537. The maximum Gasteiger partial charge on any atom is 0.227 e. The summed E-state index contributed by atoms with van der Waals surface area (Å²) in [6.07, 6.45) is 1.38. The molecule has 0 saturated carbocycles. The number of hydrogen-bond acceptors (Lipinski definition) is 4. The van der Waals surface area contributed by atoms with Crippen molar-refractivity contribution in [3.05, 3.63) is 53.6 Å². The molecular weight excluding hydrogens is 292 g/mol. The van der Waals surface area contributed by atoms with E-state index in [1.807, 2.05) is 6.07 Å². The summed E-state index contributed by atoms with van der Waals surface area (Å²) in [5, 5.41) is 18.7. The predicted molar refractivity (Wildman–Crippen MR) is 85.2 cm³/mol. The molecule has 2 aromatic rings. The normalized spacial score (nSPS) is 13.9. The summed E-state index contributed by atoms with van der Waals surface area (Å²) in [4.78, 5) is 13.5. The summed E-state index contributed by atoms with van der Waals surface area (Å²) in [6, 6.07) is 14.4. The Balaban J connectivity index is 1.91. The van der Waals surface area contributed by atoms with Crippen LogP contribution in [0.15, 0.2) is 42.5 Å². The number of nitrogens with zero attached hydrogens (tertiary/aromatic N) is 2. The van der Waals surface area contributed by atoms with E-state index >= 15 is 0 Å². The van der Waals surface area contributed by atoms with E-state index in [1.54, 1.807) is 41.3 Å². The minimum absolute atomic E-state index is 0.0770. The molecule has 0 radical (unpaired) electrons. The van der Waals surface area contributed by atoms with Crippen LogP contribution in [0.5, 0.6) is 11.5 Å². The average molecular weight is 308 g/mol. The molecule has 0 spiro atoms. The van der Waals surface area contributed by atoms with Gasteiger partial charge < -0.3 is 14.7 Å². The minimum Gasteiger partial charge on any atom is -0.456 e. The number of carbonyl (C=O) groups excluding carboxylic acids is 1. The molecule has 1 fully saturated rings. The van der Waals surface area contributed by atoms with Gasteiger partial charge in [0.2, 0.25) is 5.91 Å². The molecule has 1 aliphatic rings. The van der Waals surface area contributed by atoms with E-state index in [0.29, 0.717) is 41.3 Å². The fourth-order valence-corrected chi connectivity index (χ4v) is 2.64. The molecular formula is C18H16N2O3. The number of ether oxygens (including phenoxy) is 1. The Morgan fingerprint density at radius 2 is 2.04 bits per heavy atom. The second-order valence-corrected chi connectivity index (χ2v) is 5.31. The summed E-state index contributed by atoms with van der Waals surface area (Å²) in [5.41, 5.74) is 1.72. The van der Waals surface area contributed by atoms with Gasteiger partial charge >= 0.3 is 0 Å². The summed E-state index contributed by atoms with van der Waals surface area (Å²) in [7, 11) is 0. The zero-order valence-electron chi connectivity index (χ0n) is 12.5. The molecule has 1 N–H and O–H groups in total. The van der Waals surface area contributed by atoms with Crippen LogP contribution in [0.2, 0.25) is 0 Å². The molecule has 1 saturated heterocycles. The van der Waals surface area contributed by atoms with Crippen LogP contribution in [0, 0.1) is 11.3 Å². The third kappa shape index (κ3) is 3.03. The number of aliphatic hydroxyl groups is 1. The van der Waals surface area contributed by atoms with Gasteiger partial charge in [-0.3, -0.25) is 4.79 Å². The molecule has 0 bridgehead atoms. The third-order valence-electron chi connectivity index (χ3n) is 3.83. The second kappa shape index (κ2) is 6.51. The number of aliphatic hydroxyl groups excluding tert-OH is 1. The lowest BCUT2D eigenvalue weighted by atomic mass is 10.1. The molecule has 0 unspecified atom stereocenters. The first-order valence-electron chi connectivity index (χ1n) is 7.44. The highest BCUT2D eigenvalue weighted by molar-refractivity contribution is 5.95. The van der Waals surface area contributed by atoms with E-state index < -0.39 is 0 Å². The van der Waals surface area contributed by atoms with Crippen molar-refractivity contribution < 1.29 is 14.6 Å². The first-order chi connectivity index (χ1) is 11.2. The topological polar surface area (TPSA) is 73.6 Å². The van der Waals surface area contributed by atoms with Crippen molar-refractivity contribution in [1.29, 1.82) is 5.26 Å². The van der Waals surface area contributed by atoms with Crippen LogP contribution in [0.25, 0.3) is 0 Å². The predicted octanol–water partition coefficient (Wildman–Crippen LogP) is 2.97. The average Bonchev–Trinajstić information content (AvgIpc) is 3.02. The van der Waals surface area contributed by atoms with Gasteiger partial charge in [-0.1, -0.05) is 18.2 Å². The fourth-order valence-electron chi connectivity index (χ4n) is 2.64. The third-order valence-corrected chi connectivity index (χ3v) is 3.83. The first-order valence-corrected chi connectivity index (χ1v) is 7.44. The van der Waals surface area contributed by atoms with Crippen molar-refractivity contribution in [1.82, 2.24) is 0 Å². The summed E-state index contributed by atoms with van der Waals surface area (Å²) in [5.74, 6) is 0.994. The molecule has 23 heavy (non-hydrogen) atoms. The molecule has 3 rings (SSSR count). The highest BCUT2D eigenvalue weighted by Gasteiger charge is 2.22. The molecule has 2 aromatic carbocycles. The van der Waals surface area contributed by atoms with Gasteiger partial charge in [0.1, 0.15) is 17.6 Å². The highest BCUT2D eigenvalue weighted by Crippen LogP contribution is 2.32. The van der Waals surface area contributed by atoms with E-state index in [2.05, 4.69) is 6.07 Å². The summed E-state index contributed by atoms with van der Waals surface area (Å²) >= 11 is 0. The van der Waals surface area contributed by atoms with E-state index in [4.69, 9.17) is 4.74 Å². The monoisotopic (exact) mass is 308 g/mol. The largest absolute Gasteiger partial charge is 0.456 e.